The van der Waals surface area contributed by atoms with Crippen LogP contribution in [-0.2, 0) is 29.1 Å². The van der Waals surface area contributed by atoms with Gasteiger partial charge in [-0.2, -0.15) is 8.42 Å². The number of Topliss-reactive ketones (excluding diaryl/α,β-unsaturated/α-hetero) is 1. The molecule has 0 spiro atoms. The van der Waals surface area contributed by atoms with E-state index in [1.807, 2.05) is 6.92 Å². The summed E-state index contributed by atoms with van der Waals surface area (Å²) in [4.78, 5) is 11.1. The number of hydrogen-bond donors (Lipinski definition) is 1. The van der Waals surface area contributed by atoms with Crippen molar-refractivity contribution in [1.82, 2.24) is 0 Å². The number of hydrogen-bond acceptors (Lipinski definition) is 6. The maximum atomic E-state index is 11.1. The van der Waals surface area contributed by atoms with Gasteiger partial charge in [-0.3, -0.25) is 9.35 Å². The lowest BCUT2D eigenvalue weighted by atomic mass is 10.4. The van der Waals surface area contributed by atoms with Crippen molar-refractivity contribution in [2.45, 2.75) is 6.92 Å². The molecule has 1 N–H and O–H groups in total. The first-order chi connectivity index (χ1) is 7.95. The van der Waals surface area contributed by atoms with Gasteiger partial charge in [-0.25, -0.2) is 0 Å². The second kappa shape index (κ2) is 9.49. The van der Waals surface area contributed by atoms with Crippen molar-refractivity contribution in [3.05, 3.63) is 0 Å². The quantitative estimate of drug-likeness (QED) is 0.399. The second-order valence-electron chi connectivity index (χ2n) is 3.13. The van der Waals surface area contributed by atoms with Gasteiger partial charge in [0.15, 0.2) is 5.78 Å². The summed E-state index contributed by atoms with van der Waals surface area (Å²) < 4.78 is 43.7. The number of rotatable bonds is 11. The monoisotopic (exact) mass is 270 g/mol. The Morgan fingerprint density at radius 1 is 1.06 bits per heavy atom. The van der Waals surface area contributed by atoms with Crippen LogP contribution < -0.4 is 0 Å². The van der Waals surface area contributed by atoms with E-state index < -0.39 is 15.9 Å². The van der Waals surface area contributed by atoms with Gasteiger partial charge in [-0.1, -0.05) is 0 Å². The van der Waals surface area contributed by atoms with Crippen LogP contribution in [-0.4, -0.2) is 64.1 Å². The summed E-state index contributed by atoms with van der Waals surface area (Å²) in [7, 11) is -4.03. The molecular weight excluding hydrogens is 252 g/mol. The molecule has 0 bridgehead atoms. The topological polar surface area (TPSA) is 99.1 Å². The number of carbonyl (C=O) groups is 1. The van der Waals surface area contributed by atoms with Crippen molar-refractivity contribution in [2.24, 2.45) is 0 Å². The zero-order valence-electron chi connectivity index (χ0n) is 9.75. The highest BCUT2D eigenvalue weighted by atomic mass is 32.2. The first-order valence-corrected chi connectivity index (χ1v) is 6.76. The van der Waals surface area contributed by atoms with Gasteiger partial charge in [0.2, 0.25) is 0 Å². The minimum absolute atomic E-state index is 0.0983. The molecule has 0 rings (SSSR count). The molecule has 0 fully saturated rings. The first kappa shape index (κ1) is 16.5. The maximum Gasteiger partial charge on any atom is 0.267 e. The van der Waals surface area contributed by atoms with Gasteiger partial charge in [-0.15, -0.1) is 0 Å². The third-order valence-corrected chi connectivity index (χ3v) is 2.27. The predicted octanol–water partition coefficient (Wildman–Crippen LogP) is -0.487. The number of ketones is 1. The highest BCUT2D eigenvalue weighted by Gasteiger charge is 2.06. The van der Waals surface area contributed by atoms with E-state index in [1.165, 1.54) is 0 Å². The zero-order valence-corrected chi connectivity index (χ0v) is 10.6. The Bertz CT molecular complexity index is 298. The molecule has 0 radical (unpaired) electrons. The largest absolute Gasteiger partial charge is 0.379 e. The molecule has 0 aliphatic carbocycles. The standard InChI is InChI=1S/C9H18O7S/c1-2-14-3-4-15-7-9(10)8-16-5-6-17(11,12)13/h2-8H2,1H3,(H,11,12,13). The summed E-state index contributed by atoms with van der Waals surface area (Å²) in [5.74, 6) is -0.817. The average Bonchev–Trinajstić information content (AvgIpc) is 2.23. The van der Waals surface area contributed by atoms with Crippen molar-refractivity contribution in [3.8, 4) is 0 Å². The Morgan fingerprint density at radius 3 is 2.12 bits per heavy atom. The van der Waals surface area contributed by atoms with E-state index in [0.717, 1.165) is 0 Å². The molecule has 7 nitrogen and oxygen atoms in total. The molecule has 0 saturated carbocycles. The molecule has 102 valence electrons. The molecular formula is C9H18O7S. The number of carbonyl (C=O) groups excluding carboxylic acids is 1. The molecule has 0 saturated heterocycles. The van der Waals surface area contributed by atoms with Crippen LogP contribution in [0.3, 0.4) is 0 Å². The van der Waals surface area contributed by atoms with Crippen molar-refractivity contribution >= 4 is 15.9 Å². The van der Waals surface area contributed by atoms with Crippen molar-refractivity contribution in [2.75, 3.05) is 45.4 Å². The van der Waals surface area contributed by atoms with Gasteiger partial charge in [0.1, 0.15) is 13.2 Å². The third-order valence-electron chi connectivity index (χ3n) is 1.59. The van der Waals surface area contributed by atoms with Gasteiger partial charge in [-0.05, 0) is 6.92 Å². The second-order valence-corrected chi connectivity index (χ2v) is 4.70. The first-order valence-electron chi connectivity index (χ1n) is 5.15. The molecule has 0 aromatic rings. The van der Waals surface area contributed by atoms with Crippen molar-refractivity contribution in [3.63, 3.8) is 0 Å². The molecule has 8 heteroatoms. The zero-order chi connectivity index (χ0) is 13.1. The van der Waals surface area contributed by atoms with E-state index in [0.29, 0.717) is 19.8 Å². The van der Waals surface area contributed by atoms with E-state index >= 15 is 0 Å². The van der Waals surface area contributed by atoms with Crippen LogP contribution in [0.4, 0.5) is 0 Å². The fourth-order valence-electron chi connectivity index (χ4n) is 0.840. The molecule has 0 heterocycles. The lowest BCUT2D eigenvalue weighted by Crippen LogP contribution is -2.19. The molecule has 0 aromatic heterocycles. The summed E-state index contributed by atoms with van der Waals surface area (Å²) in [5, 5.41) is 0. The fourth-order valence-corrected chi connectivity index (χ4v) is 1.17. The predicted molar refractivity (Wildman–Crippen MR) is 59.6 cm³/mol. The smallest absolute Gasteiger partial charge is 0.267 e. The molecule has 0 unspecified atom stereocenters. The van der Waals surface area contributed by atoms with Crippen molar-refractivity contribution < 1.29 is 32.0 Å². The van der Waals surface area contributed by atoms with E-state index in [9.17, 15) is 13.2 Å². The van der Waals surface area contributed by atoms with Crippen LogP contribution in [0.5, 0.6) is 0 Å². The SMILES string of the molecule is CCOCCOCC(=O)COCCS(=O)(=O)O. The molecule has 0 atom stereocenters. The van der Waals surface area contributed by atoms with Crippen LogP contribution in [0.15, 0.2) is 0 Å². The molecule has 0 aromatic carbocycles. The van der Waals surface area contributed by atoms with Crippen LogP contribution in [0.25, 0.3) is 0 Å². The van der Waals surface area contributed by atoms with E-state index in [-0.39, 0.29) is 25.6 Å². The normalized spacial score (nSPS) is 11.6. The van der Waals surface area contributed by atoms with Gasteiger partial charge >= 0.3 is 0 Å². The van der Waals surface area contributed by atoms with Gasteiger partial charge in [0.25, 0.3) is 10.1 Å². The molecule has 0 aliphatic heterocycles. The summed E-state index contributed by atoms with van der Waals surface area (Å²) in [6.07, 6.45) is 0. The Hall–Kier alpha value is -0.540. The Labute approximate surface area is 101 Å². The Morgan fingerprint density at radius 2 is 1.59 bits per heavy atom. The average molecular weight is 270 g/mol. The summed E-state index contributed by atoms with van der Waals surface area (Å²) in [6.45, 7) is 2.65. The summed E-state index contributed by atoms with van der Waals surface area (Å²) in [5.41, 5.74) is 0. The highest BCUT2D eigenvalue weighted by Crippen LogP contribution is 1.86. The lowest BCUT2D eigenvalue weighted by Gasteiger charge is -2.04. The van der Waals surface area contributed by atoms with Gasteiger partial charge in [0.05, 0.1) is 25.6 Å². The van der Waals surface area contributed by atoms with E-state index in [2.05, 4.69) is 0 Å². The molecule has 17 heavy (non-hydrogen) atoms. The van der Waals surface area contributed by atoms with Gasteiger partial charge in [0, 0.05) is 6.61 Å². The van der Waals surface area contributed by atoms with E-state index in [4.69, 9.17) is 18.8 Å². The van der Waals surface area contributed by atoms with Crippen LogP contribution in [0.1, 0.15) is 6.92 Å². The Kier molecular flexibility index (Phi) is 9.18. The highest BCUT2D eigenvalue weighted by molar-refractivity contribution is 7.85. The minimum atomic E-state index is -4.03. The summed E-state index contributed by atoms with van der Waals surface area (Å²) >= 11 is 0. The lowest BCUT2D eigenvalue weighted by molar-refractivity contribution is -0.128. The molecule has 0 aliphatic rings. The fraction of sp³-hybridized carbons (Fsp3) is 0.889. The van der Waals surface area contributed by atoms with Crippen molar-refractivity contribution in [1.29, 1.82) is 0 Å². The maximum absolute atomic E-state index is 11.1. The van der Waals surface area contributed by atoms with Crippen LogP contribution in [0, 0.1) is 0 Å². The minimum Gasteiger partial charge on any atom is -0.379 e. The third kappa shape index (κ3) is 13.4. The summed E-state index contributed by atoms with van der Waals surface area (Å²) in [6, 6.07) is 0. The van der Waals surface area contributed by atoms with Gasteiger partial charge < -0.3 is 14.2 Å². The molecule has 0 amide bonds. The van der Waals surface area contributed by atoms with E-state index in [1.54, 1.807) is 0 Å². The van der Waals surface area contributed by atoms with Crippen LogP contribution >= 0.6 is 0 Å². The van der Waals surface area contributed by atoms with Crippen LogP contribution in [0.2, 0.25) is 0 Å². The Balaban J connectivity index is 3.35. The number of ether oxygens (including phenoxy) is 3.